The second kappa shape index (κ2) is 5.13. The van der Waals surface area contributed by atoms with Gasteiger partial charge in [0, 0.05) is 24.0 Å². The van der Waals surface area contributed by atoms with E-state index in [1.54, 1.807) is 0 Å². The number of fused-ring (bicyclic) bond motifs is 1. The molecule has 0 aromatic carbocycles. The molecule has 3 nitrogen and oxygen atoms in total. The molecule has 2 heterocycles. The Labute approximate surface area is 129 Å². The third-order valence-electron chi connectivity index (χ3n) is 5.61. The van der Waals surface area contributed by atoms with Crippen molar-refractivity contribution < 1.29 is 5.11 Å². The van der Waals surface area contributed by atoms with E-state index in [-0.39, 0.29) is 11.5 Å². The summed E-state index contributed by atoms with van der Waals surface area (Å²) in [7, 11) is 2.22. The van der Waals surface area contributed by atoms with E-state index in [9.17, 15) is 5.11 Å². The molecule has 118 valence electrons. The first-order valence-electron chi connectivity index (χ1n) is 8.33. The van der Waals surface area contributed by atoms with Gasteiger partial charge in [0.25, 0.3) is 0 Å². The molecule has 1 N–H and O–H groups in total. The normalized spacial score (nSPS) is 28.3. The van der Waals surface area contributed by atoms with Crippen molar-refractivity contribution in [1.82, 2.24) is 9.47 Å². The maximum absolute atomic E-state index is 10.4. The van der Waals surface area contributed by atoms with E-state index in [2.05, 4.69) is 49.5 Å². The first-order chi connectivity index (χ1) is 9.78. The molecule has 3 rings (SSSR count). The van der Waals surface area contributed by atoms with Gasteiger partial charge < -0.3 is 14.6 Å². The molecular formula is C18H30N2O. The number of aliphatic hydroxyl groups is 1. The molecule has 2 aliphatic rings. The largest absolute Gasteiger partial charge is 0.388 e. The van der Waals surface area contributed by atoms with Crippen LogP contribution in [-0.4, -0.2) is 34.7 Å². The van der Waals surface area contributed by atoms with Gasteiger partial charge in [-0.1, -0.05) is 20.8 Å². The van der Waals surface area contributed by atoms with Crippen molar-refractivity contribution in [3.05, 3.63) is 23.5 Å². The number of aliphatic hydroxyl groups excluding tert-OH is 1. The van der Waals surface area contributed by atoms with Crippen molar-refractivity contribution in [3.8, 4) is 0 Å². The first kappa shape index (κ1) is 15.1. The molecule has 0 amide bonds. The Bertz CT molecular complexity index is 509. The molecule has 0 bridgehead atoms. The van der Waals surface area contributed by atoms with Crippen molar-refractivity contribution in [2.24, 2.45) is 10.8 Å². The maximum atomic E-state index is 10.4. The molecule has 1 unspecified atom stereocenters. The quantitative estimate of drug-likeness (QED) is 0.906. The number of piperidine rings is 1. The Morgan fingerprint density at radius 1 is 1.24 bits per heavy atom. The third kappa shape index (κ3) is 3.04. The lowest BCUT2D eigenvalue weighted by Gasteiger charge is -2.40. The molecule has 1 fully saturated rings. The van der Waals surface area contributed by atoms with Gasteiger partial charge in [-0.05, 0) is 62.7 Å². The molecule has 0 radical (unpaired) electrons. The molecule has 21 heavy (non-hydrogen) atoms. The van der Waals surface area contributed by atoms with Gasteiger partial charge in [0.15, 0.2) is 0 Å². The average Bonchev–Trinajstić information content (AvgIpc) is 2.75. The van der Waals surface area contributed by atoms with Crippen LogP contribution in [0.3, 0.4) is 0 Å². The smallest absolute Gasteiger partial charge is 0.0812 e. The minimum absolute atomic E-state index is 0.205. The molecule has 3 heteroatoms. The fourth-order valence-corrected chi connectivity index (χ4v) is 4.06. The number of hydrogen-bond donors (Lipinski definition) is 1. The minimum atomic E-state index is -0.282. The summed E-state index contributed by atoms with van der Waals surface area (Å²) in [6.07, 6.45) is 6.42. The Morgan fingerprint density at radius 3 is 2.57 bits per heavy atom. The van der Waals surface area contributed by atoms with Gasteiger partial charge in [-0.2, -0.15) is 0 Å². The molecular weight excluding hydrogens is 260 g/mol. The fourth-order valence-electron chi connectivity index (χ4n) is 4.06. The van der Waals surface area contributed by atoms with Crippen LogP contribution >= 0.6 is 0 Å². The van der Waals surface area contributed by atoms with Crippen LogP contribution < -0.4 is 0 Å². The predicted octanol–water partition coefficient (Wildman–Crippen LogP) is 3.23. The van der Waals surface area contributed by atoms with Crippen molar-refractivity contribution in [1.29, 1.82) is 0 Å². The van der Waals surface area contributed by atoms with Crippen LogP contribution in [0.5, 0.6) is 0 Å². The molecule has 1 atom stereocenters. The monoisotopic (exact) mass is 290 g/mol. The summed E-state index contributed by atoms with van der Waals surface area (Å²) in [4.78, 5) is 2.43. The Hall–Kier alpha value is -0.800. The summed E-state index contributed by atoms with van der Waals surface area (Å²) in [5.41, 5.74) is 3.15. The lowest BCUT2D eigenvalue weighted by atomic mass is 9.75. The van der Waals surface area contributed by atoms with Crippen molar-refractivity contribution >= 4 is 0 Å². The Balaban J connectivity index is 1.82. The first-order valence-corrected chi connectivity index (χ1v) is 8.33. The summed E-state index contributed by atoms with van der Waals surface area (Å²) in [6.45, 7) is 10.5. The SMILES string of the molecule is CN1CCC(C)(Cn2ccc3c2CC(C)(C)CC3O)CC1. The Morgan fingerprint density at radius 2 is 1.90 bits per heavy atom. The van der Waals surface area contributed by atoms with Crippen molar-refractivity contribution in [3.63, 3.8) is 0 Å². The molecule has 1 saturated heterocycles. The van der Waals surface area contributed by atoms with Crippen LogP contribution in [0.2, 0.25) is 0 Å². The van der Waals surface area contributed by atoms with Crippen LogP contribution in [0.25, 0.3) is 0 Å². The molecule has 0 spiro atoms. The zero-order chi connectivity index (χ0) is 15.3. The van der Waals surface area contributed by atoms with E-state index in [4.69, 9.17) is 0 Å². The molecule has 1 aromatic rings. The third-order valence-corrected chi connectivity index (χ3v) is 5.61. The van der Waals surface area contributed by atoms with Gasteiger partial charge >= 0.3 is 0 Å². The maximum Gasteiger partial charge on any atom is 0.0812 e. The highest BCUT2D eigenvalue weighted by Gasteiger charge is 2.35. The van der Waals surface area contributed by atoms with Crippen LogP contribution in [0.15, 0.2) is 12.3 Å². The van der Waals surface area contributed by atoms with Crippen LogP contribution in [-0.2, 0) is 13.0 Å². The summed E-state index contributed by atoms with van der Waals surface area (Å²) >= 11 is 0. The molecule has 1 aliphatic heterocycles. The van der Waals surface area contributed by atoms with Gasteiger partial charge in [0.05, 0.1) is 6.10 Å². The molecule has 0 saturated carbocycles. The number of nitrogens with zero attached hydrogens (tertiary/aromatic N) is 2. The van der Waals surface area contributed by atoms with Gasteiger partial charge in [0.1, 0.15) is 0 Å². The number of likely N-dealkylation sites (tertiary alicyclic amines) is 1. The van der Waals surface area contributed by atoms with Gasteiger partial charge in [-0.25, -0.2) is 0 Å². The second-order valence-corrected chi connectivity index (χ2v) is 8.52. The summed E-state index contributed by atoms with van der Waals surface area (Å²) in [5.74, 6) is 0. The van der Waals surface area contributed by atoms with Crippen LogP contribution in [0.4, 0.5) is 0 Å². The highest BCUT2D eigenvalue weighted by atomic mass is 16.3. The van der Waals surface area contributed by atoms with E-state index in [1.165, 1.54) is 37.2 Å². The average molecular weight is 290 g/mol. The Kier molecular flexibility index (Phi) is 3.69. The van der Waals surface area contributed by atoms with E-state index in [1.807, 2.05) is 0 Å². The summed E-state index contributed by atoms with van der Waals surface area (Å²) in [6, 6.07) is 2.15. The highest BCUT2D eigenvalue weighted by molar-refractivity contribution is 5.29. The highest BCUT2D eigenvalue weighted by Crippen LogP contribution is 2.42. The van der Waals surface area contributed by atoms with Crippen LogP contribution in [0.1, 0.15) is 57.4 Å². The minimum Gasteiger partial charge on any atom is -0.388 e. The second-order valence-electron chi connectivity index (χ2n) is 8.52. The topological polar surface area (TPSA) is 28.4 Å². The zero-order valence-electron chi connectivity index (χ0n) is 14.0. The predicted molar refractivity (Wildman–Crippen MR) is 86.3 cm³/mol. The lowest BCUT2D eigenvalue weighted by Crippen LogP contribution is -2.39. The number of aromatic nitrogens is 1. The van der Waals surface area contributed by atoms with Gasteiger partial charge in [-0.3, -0.25) is 0 Å². The van der Waals surface area contributed by atoms with E-state index >= 15 is 0 Å². The van der Waals surface area contributed by atoms with Gasteiger partial charge in [-0.15, -0.1) is 0 Å². The molecule has 1 aromatic heterocycles. The van der Waals surface area contributed by atoms with E-state index in [0.717, 1.165) is 19.4 Å². The van der Waals surface area contributed by atoms with Crippen molar-refractivity contribution in [2.75, 3.05) is 20.1 Å². The fraction of sp³-hybridized carbons (Fsp3) is 0.778. The number of hydrogen-bond acceptors (Lipinski definition) is 2. The summed E-state index contributed by atoms with van der Waals surface area (Å²) < 4.78 is 2.44. The summed E-state index contributed by atoms with van der Waals surface area (Å²) in [5, 5.41) is 10.4. The van der Waals surface area contributed by atoms with Crippen molar-refractivity contribution in [2.45, 2.75) is 59.1 Å². The van der Waals surface area contributed by atoms with Gasteiger partial charge in [0.2, 0.25) is 0 Å². The standard InChI is InChI=1S/C18H30N2O/c1-17(2)11-15-14(16(21)12-17)5-8-20(15)13-18(3)6-9-19(4)10-7-18/h5,8,16,21H,6-7,9-13H2,1-4H3. The number of rotatable bonds is 2. The zero-order valence-corrected chi connectivity index (χ0v) is 14.0. The van der Waals surface area contributed by atoms with E-state index < -0.39 is 0 Å². The van der Waals surface area contributed by atoms with E-state index in [0.29, 0.717) is 5.41 Å². The van der Waals surface area contributed by atoms with Crippen LogP contribution in [0, 0.1) is 10.8 Å². The molecule has 1 aliphatic carbocycles. The lowest BCUT2D eigenvalue weighted by molar-refractivity contribution is 0.0930.